The molecule has 18 heavy (non-hydrogen) atoms. The SMILES string of the molecule is CO[Si](CCC[n+]1c(C)coc1C)(OC)OC.[I-]. The highest BCUT2D eigenvalue weighted by atomic mass is 127. The van der Waals surface area contributed by atoms with Gasteiger partial charge in [0.05, 0.1) is 6.92 Å². The van der Waals surface area contributed by atoms with Crippen molar-refractivity contribution in [3.8, 4) is 0 Å². The molecule has 0 bridgehead atoms. The molecule has 0 aliphatic rings. The van der Waals surface area contributed by atoms with Gasteiger partial charge in [0.2, 0.25) is 5.69 Å². The highest BCUT2D eigenvalue weighted by Gasteiger charge is 2.37. The highest BCUT2D eigenvalue weighted by Crippen LogP contribution is 2.15. The lowest BCUT2D eigenvalue weighted by Gasteiger charge is -2.23. The second kappa shape index (κ2) is 8.26. The van der Waals surface area contributed by atoms with E-state index in [1.165, 1.54) is 0 Å². The van der Waals surface area contributed by atoms with Gasteiger partial charge in [-0.1, -0.05) is 0 Å². The van der Waals surface area contributed by atoms with Crippen LogP contribution >= 0.6 is 0 Å². The largest absolute Gasteiger partial charge is 1.00 e. The van der Waals surface area contributed by atoms with Crippen LogP contribution in [0.1, 0.15) is 18.0 Å². The molecule has 0 saturated carbocycles. The summed E-state index contributed by atoms with van der Waals surface area (Å²) in [4.78, 5) is 0. The van der Waals surface area contributed by atoms with Gasteiger partial charge in [0.1, 0.15) is 0 Å². The van der Waals surface area contributed by atoms with Crippen LogP contribution in [0.4, 0.5) is 0 Å². The van der Waals surface area contributed by atoms with Crippen LogP contribution in [0, 0.1) is 13.8 Å². The monoisotopic (exact) mass is 387 g/mol. The molecule has 106 valence electrons. The number of hydrogen-bond donors (Lipinski definition) is 0. The molecule has 1 heterocycles. The molecule has 5 nitrogen and oxygen atoms in total. The minimum absolute atomic E-state index is 0. The van der Waals surface area contributed by atoms with E-state index in [1.807, 2.05) is 13.8 Å². The normalized spacial score (nSPS) is 11.4. The van der Waals surface area contributed by atoms with Crippen LogP contribution < -0.4 is 28.5 Å². The number of aromatic nitrogens is 1. The van der Waals surface area contributed by atoms with Gasteiger partial charge in [-0.15, -0.1) is 0 Å². The minimum Gasteiger partial charge on any atom is -1.00 e. The van der Waals surface area contributed by atoms with Crippen molar-refractivity contribution < 1.29 is 46.2 Å². The summed E-state index contributed by atoms with van der Waals surface area (Å²) in [6, 6.07) is 0.799. The molecular weight excluding hydrogens is 365 g/mol. The Morgan fingerprint density at radius 1 is 1.17 bits per heavy atom. The first-order chi connectivity index (χ1) is 8.08. The maximum absolute atomic E-state index is 5.38. The first-order valence-electron chi connectivity index (χ1n) is 5.68. The smallest absolute Gasteiger partial charge is 0.500 e. The predicted octanol–water partition coefficient (Wildman–Crippen LogP) is -1.54. The number of rotatable bonds is 7. The van der Waals surface area contributed by atoms with E-state index >= 15 is 0 Å². The third-order valence-corrected chi connectivity index (χ3v) is 5.84. The fraction of sp³-hybridized carbons (Fsp3) is 0.727. The molecule has 0 saturated heterocycles. The lowest BCUT2D eigenvalue weighted by molar-refractivity contribution is -0.711. The molecule has 0 aliphatic carbocycles. The molecule has 1 aromatic heterocycles. The number of aryl methyl sites for hydroxylation is 2. The quantitative estimate of drug-likeness (QED) is 0.323. The summed E-state index contributed by atoms with van der Waals surface area (Å²) >= 11 is 0. The van der Waals surface area contributed by atoms with E-state index < -0.39 is 8.80 Å². The van der Waals surface area contributed by atoms with Crippen molar-refractivity contribution in [1.29, 1.82) is 0 Å². The Morgan fingerprint density at radius 2 is 1.72 bits per heavy atom. The average Bonchev–Trinajstić information content (AvgIpc) is 2.66. The summed E-state index contributed by atoms with van der Waals surface area (Å²) in [6.45, 7) is 4.88. The first kappa shape index (κ1) is 18.0. The second-order valence-electron chi connectivity index (χ2n) is 3.95. The van der Waals surface area contributed by atoms with Crippen molar-refractivity contribution in [1.82, 2.24) is 0 Å². The lowest BCUT2D eigenvalue weighted by Crippen LogP contribution is -3.00. The topological polar surface area (TPSA) is 44.7 Å². The van der Waals surface area contributed by atoms with Crippen LogP contribution in [-0.2, 0) is 19.8 Å². The van der Waals surface area contributed by atoms with Crippen LogP contribution in [0.2, 0.25) is 6.04 Å². The number of nitrogens with zero attached hydrogens (tertiary/aromatic N) is 1. The summed E-state index contributed by atoms with van der Waals surface area (Å²) in [5, 5.41) is 0. The molecule has 0 atom stereocenters. The Labute approximate surface area is 127 Å². The number of oxazole rings is 1. The molecule has 0 N–H and O–H groups in total. The third kappa shape index (κ3) is 4.30. The Morgan fingerprint density at radius 3 is 2.11 bits per heavy atom. The molecule has 0 amide bonds. The Hall–Kier alpha value is 0.0369. The fourth-order valence-corrected chi connectivity index (χ4v) is 3.59. The maximum Gasteiger partial charge on any atom is 0.500 e. The van der Waals surface area contributed by atoms with E-state index in [1.54, 1.807) is 27.6 Å². The molecule has 0 aliphatic heterocycles. The summed E-state index contributed by atoms with van der Waals surface area (Å²) in [6.07, 6.45) is 2.70. The van der Waals surface area contributed by atoms with Gasteiger partial charge in [-0.05, 0) is 0 Å². The van der Waals surface area contributed by atoms with Gasteiger partial charge in [0.15, 0.2) is 12.8 Å². The molecule has 1 rings (SSSR count). The van der Waals surface area contributed by atoms with Gasteiger partial charge in [0, 0.05) is 40.7 Å². The van der Waals surface area contributed by atoms with Gasteiger partial charge in [0.25, 0.3) is 0 Å². The number of hydrogen-bond acceptors (Lipinski definition) is 4. The van der Waals surface area contributed by atoms with Crippen LogP contribution in [0.5, 0.6) is 0 Å². The molecule has 0 radical (unpaired) electrons. The van der Waals surface area contributed by atoms with Gasteiger partial charge < -0.3 is 41.7 Å². The zero-order valence-electron chi connectivity index (χ0n) is 11.7. The predicted molar refractivity (Wildman–Crippen MR) is 64.6 cm³/mol. The Balaban J connectivity index is 0.00000289. The van der Waals surface area contributed by atoms with Gasteiger partial charge in [-0.3, -0.25) is 0 Å². The standard InChI is InChI=1S/C11H22NO4Si.HI/c1-10-9-16-11(2)12(10)7-6-8-17(13-3,14-4)15-5;/h9H,6-8H2,1-5H3;1H/q+1;/p-1. The molecule has 0 aromatic carbocycles. The molecule has 0 unspecified atom stereocenters. The molecular formula is C11H22INO4Si. The van der Waals surface area contributed by atoms with E-state index in [9.17, 15) is 0 Å². The molecule has 7 heteroatoms. The van der Waals surface area contributed by atoms with Crippen molar-refractivity contribution in [2.75, 3.05) is 21.3 Å². The third-order valence-electron chi connectivity index (χ3n) is 3.00. The van der Waals surface area contributed by atoms with Crippen molar-refractivity contribution >= 4 is 8.80 Å². The molecule has 0 fully saturated rings. The van der Waals surface area contributed by atoms with E-state index in [2.05, 4.69) is 4.57 Å². The van der Waals surface area contributed by atoms with Crippen molar-refractivity contribution in [3.63, 3.8) is 0 Å². The highest BCUT2D eigenvalue weighted by molar-refractivity contribution is 6.60. The van der Waals surface area contributed by atoms with Crippen LogP contribution in [0.3, 0.4) is 0 Å². The molecule has 1 aromatic rings. The van der Waals surface area contributed by atoms with Gasteiger partial charge >= 0.3 is 14.7 Å². The summed E-state index contributed by atoms with van der Waals surface area (Å²) in [7, 11) is 2.49. The van der Waals surface area contributed by atoms with Crippen LogP contribution in [-0.4, -0.2) is 30.1 Å². The Kier molecular flexibility index (Phi) is 8.27. The zero-order valence-corrected chi connectivity index (χ0v) is 14.8. The van der Waals surface area contributed by atoms with E-state index in [-0.39, 0.29) is 24.0 Å². The average molecular weight is 387 g/mol. The van der Waals surface area contributed by atoms with Gasteiger partial charge in [-0.25, -0.2) is 0 Å². The van der Waals surface area contributed by atoms with E-state index in [0.717, 1.165) is 30.6 Å². The lowest BCUT2D eigenvalue weighted by atomic mass is 10.4. The maximum atomic E-state index is 5.38. The van der Waals surface area contributed by atoms with Crippen molar-refractivity contribution in [3.05, 3.63) is 17.8 Å². The van der Waals surface area contributed by atoms with Crippen molar-refractivity contribution in [2.24, 2.45) is 0 Å². The fourth-order valence-electron chi connectivity index (χ4n) is 1.89. The van der Waals surface area contributed by atoms with E-state index in [4.69, 9.17) is 17.7 Å². The zero-order chi connectivity index (χ0) is 12.9. The molecule has 0 spiro atoms. The second-order valence-corrected chi connectivity index (χ2v) is 7.04. The first-order valence-corrected chi connectivity index (χ1v) is 7.61. The Bertz CT molecular complexity index is 327. The summed E-state index contributed by atoms with van der Waals surface area (Å²) in [5.74, 6) is 0.919. The van der Waals surface area contributed by atoms with Crippen molar-refractivity contribution in [2.45, 2.75) is 32.9 Å². The summed E-state index contributed by atoms with van der Waals surface area (Å²) < 4.78 is 23.6. The minimum atomic E-state index is -2.43. The van der Waals surface area contributed by atoms with Gasteiger partial charge in [-0.2, -0.15) is 4.57 Å². The number of halogens is 1. The van der Waals surface area contributed by atoms with Crippen LogP contribution in [0.15, 0.2) is 10.7 Å². The van der Waals surface area contributed by atoms with E-state index in [0.29, 0.717) is 0 Å². The van der Waals surface area contributed by atoms with Crippen LogP contribution in [0.25, 0.3) is 0 Å². The summed E-state index contributed by atoms with van der Waals surface area (Å²) in [5.41, 5.74) is 1.13.